The molecule has 1 aromatic rings. The number of hydrogen-bond donors (Lipinski definition) is 2. The van der Waals surface area contributed by atoms with Gasteiger partial charge in [0.15, 0.2) is 0 Å². The lowest BCUT2D eigenvalue weighted by molar-refractivity contribution is -0.137. The highest BCUT2D eigenvalue weighted by atomic mass is 16.2. The molecule has 1 aliphatic heterocycles. The number of piperidine rings is 1. The molecule has 2 heterocycles. The Morgan fingerprint density at radius 2 is 2.12 bits per heavy atom. The fourth-order valence-corrected chi connectivity index (χ4v) is 3.35. The second-order valence-corrected chi connectivity index (χ2v) is 7.18. The van der Waals surface area contributed by atoms with Gasteiger partial charge in [0.25, 0.3) is 0 Å². The third-order valence-electron chi connectivity index (χ3n) is 4.85. The van der Waals surface area contributed by atoms with Crippen LogP contribution < -0.4 is 11.1 Å². The minimum absolute atomic E-state index is 0.0122. The number of amides is 2. The van der Waals surface area contributed by atoms with Crippen LogP contribution in [0.25, 0.3) is 0 Å². The van der Waals surface area contributed by atoms with Gasteiger partial charge in [-0.25, -0.2) is 9.67 Å². The lowest BCUT2D eigenvalue weighted by Gasteiger charge is -2.40. The number of rotatable bonds is 5. The molecular formula is C16H26N6O2. The maximum Gasteiger partial charge on any atom is 0.244 e. The van der Waals surface area contributed by atoms with Crippen LogP contribution in [0.2, 0.25) is 0 Å². The van der Waals surface area contributed by atoms with Gasteiger partial charge in [-0.15, -0.1) is 5.10 Å². The number of nitrogens with two attached hydrogens (primary N) is 1. The van der Waals surface area contributed by atoms with Gasteiger partial charge in [0.05, 0.1) is 0 Å². The van der Waals surface area contributed by atoms with E-state index in [1.807, 2.05) is 18.7 Å². The zero-order valence-electron chi connectivity index (χ0n) is 14.3. The second-order valence-electron chi connectivity index (χ2n) is 7.18. The van der Waals surface area contributed by atoms with Crippen LogP contribution in [0.1, 0.15) is 39.5 Å². The van der Waals surface area contributed by atoms with E-state index in [1.165, 1.54) is 11.0 Å². The molecule has 1 saturated heterocycles. The van der Waals surface area contributed by atoms with Crippen molar-refractivity contribution in [3.05, 3.63) is 6.33 Å². The molecule has 2 amide bonds. The highest BCUT2D eigenvalue weighted by molar-refractivity contribution is 5.78. The Morgan fingerprint density at radius 1 is 1.38 bits per heavy atom. The molecule has 8 nitrogen and oxygen atoms in total. The zero-order chi connectivity index (χ0) is 17.3. The summed E-state index contributed by atoms with van der Waals surface area (Å²) in [6, 6.07) is 0.376. The molecule has 1 aromatic heterocycles. The van der Waals surface area contributed by atoms with E-state index in [0.717, 1.165) is 25.7 Å². The summed E-state index contributed by atoms with van der Waals surface area (Å²) >= 11 is 0. The summed E-state index contributed by atoms with van der Waals surface area (Å²) in [5.74, 6) is 0.866. The molecule has 1 saturated carbocycles. The Hall–Kier alpha value is -2.12. The number of nitrogen functional groups attached to an aromatic ring is 1. The standard InChI is InChI=1S/C16H26N6O2/c1-10(2)15(24)19-12-5-6-22(13(7-12)11-3-4-11)14(23)8-21-9-18-16(17)20-21/h9-13H,3-8H2,1-2H3,(H2,17,20)(H,19,24). The SMILES string of the molecule is CC(C)C(=O)NC1CCN(C(=O)Cn2cnc(N)n2)C(C2CC2)C1. The molecule has 24 heavy (non-hydrogen) atoms. The Balaban J connectivity index is 1.61. The Kier molecular flexibility index (Phi) is 4.73. The van der Waals surface area contributed by atoms with Crippen molar-refractivity contribution in [2.75, 3.05) is 12.3 Å². The molecule has 2 fully saturated rings. The van der Waals surface area contributed by atoms with Gasteiger partial charge in [0.1, 0.15) is 12.9 Å². The molecule has 0 spiro atoms. The first-order valence-corrected chi connectivity index (χ1v) is 8.68. The topological polar surface area (TPSA) is 106 Å². The highest BCUT2D eigenvalue weighted by Gasteiger charge is 2.41. The summed E-state index contributed by atoms with van der Waals surface area (Å²) in [5, 5.41) is 7.11. The van der Waals surface area contributed by atoms with Gasteiger partial charge in [0, 0.05) is 24.5 Å². The van der Waals surface area contributed by atoms with Crippen molar-refractivity contribution < 1.29 is 9.59 Å². The van der Waals surface area contributed by atoms with Gasteiger partial charge in [-0.1, -0.05) is 13.8 Å². The average Bonchev–Trinajstić information content (AvgIpc) is 3.30. The summed E-state index contributed by atoms with van der Waals surface area (Å²) in [7, 11) is 0. The van der Waals surface area contributed by atoms with E-state index in [1.54, 1.807) is 0 Å². The van der Waals surface area contributed by atoms with Crippen LogP contribution in [0, 0.1) is 11.8 Å². The van der Waals surface area contributed by atoms with Crippen molar-refractivity contribution in [2.24, 2.45) is 11.8 Å². The van der Waals surface area contributed by atoms with Crippen molar-refractivity contribution in [3.8, 4) is 0 Å². The molecule has 3 rings (SSSR count). The molecule has 2 unspecified atom stereocenters. The second kappa shape index (κ2) is 6.78. The zero-order valence-corrected chi connectivity index (χ0v) is 14.3. The van der Waals surface area contributed by atoms with E-state index in [9.17, 15) is 9.59 Å². The number of hydrogen-bond acceptors (Lipinski definition) is 5. The summed E-state index contributed by atoms with van der Waals surface area (Å²) < 4.78 is 1.48. The minimum Gasteiger partial charge on any atom is -0.367 e. The van der Waals surface area contributed by atoms with E-state index < -0.39 is 0 Å². The smallest absolute Gasteiger partial charge is 0.244 e. The first-order valence-electron chi connectivity index (χ1n) is 8.68. The molecule has 3 N–H and O–H groups in total. The van der Waals surface area contributed by atoms with Crippen LogP contribution in [-0.4, -0.2) is 50.1 Å². The molecule has 1 aliphatic carbocycles. The molecule has 0 bridgehead atoms. The fraction of sp³-hybridized carbons (Fsp3) is 0.750. The van der Waals surface area contributed by atoms with Gasteiger partial charge < -0.3 is 16.0 Å². The molecule has 2 aliphatic rings. The number of nitrogens with one attached hydrogen (secondary N) is 1. The summed E-state index contributed by atoms with van der Waals surface area (Å²) in [5.41, 5.74) is 5.50. The van der Waals surface area contributed by atoms with E-state index in [4.69, 9.17) is 5.73 Å². The number of carbonyl (C=O) groups is 2. The van der Waals surface area contributed by atoms with Crippen molar-refractivity contribution in [1.82, 2.24) is 25.0 Å². The maximum atomic E-state index is 12.7. The van der Waals surface area contributed by atoms with E-state index in [-0.39, 0.29) is 42.3 Å². The van der Waals surface area contributed by atoms with Crippen LogP contribution >= 0.6 is 0 Å². The van der Waals surface area contributed by atoms with Crippen molar-refractivity contribution in [3.63, 3.8) is 0 Å². The molecule has 0 radical (unpaired) electrons. The highest BCUT2D eigenvalue weighted by Crippen LogP contribution is 2.39. The fourth-order valence-electron chi connectivity index (χ4n) is 3.35. The quantitative estimate of drug-likeness (QED) is 0.811. The van der Waals surface area contributed by atoms with Gasteiger partial charge >= 0.3 is 0 Å². The van der Waals surface area contributed by atoms with Crippen LogP contribution in [0.15, 0.2) is 6.33 Å². The summed E-state index contributed by atoms with van der Waals surface area (Å²) in [4.78, 5) is 30.4. The third-order valence-corrected chi connectivity index (χ3v) is 4.85. The van der Waals surface area contributed by atoms with E-state index in [0.29, 0.717) is 12.5 Å². The Labute approximate surface area is 141 Å². The van der Waals surface area contributed by atoms with E-state index >= 15 is 0 Å². The molecule has 2 atom stereocenters. The Bertz CT molecular complexity index is 609. The van der Waals surface area contributed by atoms with Crippen LogP contribution in [0.5, 0.6) is 0 Å². The van der Waals surface area contributed by atoms with E-state index in [2.05, 4.69) is 15.4 Å². The Morgan fingerprint density at radius 3 is 2.71 bits per heavy atom. The van der Waals surface area contributed by atoms with Gasteiger partial charge in [-0.3, -0.25) is 9.59 Å². The average molecular weight is 334 g/mol. The molecular weight excluding hydrogens is 308 g/mol. The molecule has 8 heteroatoms. The molecule has 0 aromatic carbocycles. The predicted molar refractivity (Wildman–Crippen MR) is 88.7 cm³/mol. The monoisotopic (exact) mass is 334 g/mol. The largest absolute Gasteiger partial charge is 0.367 e. The summed E-state index contributed by atoms with van der Waals surface area (Å²) in [6.07, 6.45) is 5.45. The van der Waals surface area contributed by atoms with Crippen molar-refractivity contribution >= 4 is 17.8 Å². The van der Waals surface area contributed by atoms with Gasteiger partial charge in [-0.2, -0.15) is 0 Å². The number of nitrogens with zero attached hydrogens (tertiary/aromatic N) is 4. The lowest BCUT2D eigenvalue weighted by atomic mass is 9.93. The minimum atomic E-state index is -0.0122. The van der Waals surface area contributed by atoms with Crippen LogP contribution in [0.4, 0.5) is 5.95 Å². The molecule has 132 valence electrons. The third kappa shape index (κ3) is 3.85. The maximum absolute atomic E-state index is 12.7. The van der Waals surface area contributed by atoms with Crippen LogP contribution in [0.3, 0.4) is 0 Å². The normalized spacial score (nSPS) is 24.2. The summed E-state index contributed by atoms with van der Waals surface area (Å²) in [6.45, 7) is 4.63. The van der Waals surface area contributed by atoms with Crippen molar-refractivity contribution in [1.29, 1.82) is 0 Å². The number of carbonyl (C=O) groups excluding carboxylic acids is 2. The first kappa shape index (κ1) is 16.7. The lowest BCUT2D eigenvalue weighted by Crippen LogP contribution is -2.54. The van der Waals surface area contributed by atoms with Crippen molar-refractivity contribution in [2.45, 2.75) is 58.2 Å². The van der Waals surface area contributed by atoms with Gasteiger partial charge in [0.2, 0.25) is 17.8 Å². The van der Waals surface area contributed by atoms with Gasteiger partial charge in [-0.05, 0) is 31.6 Å². The number of likely N-dealkylation sites (tertiary alicyclic amines) is 1. The first-order chi connectivity index (χ1) is 11.4. The number of aromatic nitrogens is 3. The van der Waals surface area contributed by atoms with Crippen LogP contribution in [-0.2, 0) is 16.1 Å². The predicted octanol–water partition coefficient (Wildman–Crippen LogP) is 0.402. The number of anilines is 1.